The van der Waals surface area contributed by atoms with Gasteiger partial charge in [-0.1, -0.05) is 23.4 Å². The molecule has 0 spiro atoms. The van der Waals surface area contributed by atoms with Gasteiger partial charge in [-0.3, -0.25) is 0 Å². The number of ether oxygens (including phenoxy) is 1. The molecule has 0 amide bonds. The van der Waals surface area contributed by atoms with Crippen LogP contribution in [0.25, 0.3) is 11.5 Å². The van der Waals surface area contributed by atoms with Crippen molar-refractivity contribution < 1.29 is 14.4 Å². The smallest absolute Gasteiger partial charge is 0.226 e. The number of nitrogens with zero attached hydrogens (tertiary/aromatic N) is 2. The lowest BCUT2D eigenvalue weighted by Crippen LogP contribution is -1.96. The molecular weight excluding hydrogens is 280 g/mol. The Morgan fingerprint density at radius 1 is 1.09 bits per heavy atom. The molecule has 0 fully saturated rings. The molecule has 0 aliphatic heterocycles. The maximum absolute atomic E-state index is 8.46. The molecule has 1 heterocycles. The Hall–Kier alpha value is -3.08. The highest BCUT2D eigenvalue weighted by Crippen LogP contribution is 2.19. The molecule has 0 aliphatic carbocycles. The van der Waals surface area contributed by atoms with E-state index in [2.05, 4.69) is 10.1 Å². The van der Waals surface area contributed by atoms with Crippen molar-refractivity contribution in [2.24, 2.45) is 5.16 Å². The van der Waals surface area contributed by atoms with Gasteiger partial charge in [-0.2, -0.15) is 0 Å². The van der Waals surface area contributed by atoms with Gasteiger partial charge in [-0.25, -0.2) is 4.98 Å². The summed E-state index contributed by atoms with van der Waals surface area (Å²) in [6.45, 7) is 0.323. The number of oxime groups is 1. The summed E-state index contributed by atoms with van der Waals surface area (Å²) in [5.74, 6) is 1.29. The molecule has 0 saturated heterocycles. The molecule has 0 radical (unpaired) electrons. The van der Waals surface area contributed by atoms with Crippen molar-refractivity contribution in [2.75, 3.05) is 0 Å². The summed E-state index contributed by atoms with van der Waals surface area (Å²) in [6.07, 6.45) is 2.95. The van der Waals surface area contributed by atoms with Crippen LogP contribution in [-0.2, 0) is 6.61 Å². The third-order valence-electron chi connectivity index (χ3n) is 3.05. The minimum absolute atomic E-state index is 0.323. The van der Waals surface area contributed by atoms with Crippen molar-refractivity contribution in [3.05, 3.63) is 72.1 Å². The number of hydrogen-bond donors (Lipinski definition) is 1. The largest absolute Gasteiger partial charge is 0.487 e. The van der Waals surface area contributed by atoms with Crippen molar-refractivity contribution >= 4 is 6.21 Å². The summed E-state index contributed by atoms with van der Waals surface area (Å²) in [6, 6.07) is 16.9. The maximum atomic E-state index is 8.46. The lowest BCUT2D eigenvalue weighted by molar-refractivity contribution is 0.301. The molecular formula is C17H14N2O3. The Balaban J connectivity index is 1.63. The summed E-state index contributed by atoms with van der Waals surface area (Å²) in [4.78, 5) is 4.40. The Labute approximate surface area is 127 Å². The SMILES string of the molecule is O/N=C/c1ccc(OCc2coc(-c3ccccc3)n2)cc1. The highest BCUT2D eigenvalue weighted by Gasteiger charge is 2.06. The molecule has 2 aromatic carbocycles. The molecule has 5 heteroatoms. The van der Waals surface area contributed by atoms with Crippen LogP contribution in [0.4, 0.5) is 0 Å². The van der Waals surface area contributed by atoms with Crippen LogP contribution in [0.2, 0.25) is 0 Å². The molecule has 0 bridgehead atoms. The second kappa shape index (κ2) is 6.58. The monoisotopic (exact) mass is 294 g/mol. The summed E-state index contributed by atoms with van der Waals surface area (Å²) in [7, 11) is 0. The Morgan fingerprint density at radius 2 is 1.86 bits per heavy atom. The van der Waals surface area contributed by atoms with Gasteiger partial charge in [-0.15, -0.1) is 0 Å². The van der Waals surface area contributed by atoms with E-state index in [4.69, 9.17) is 14.4 Å². The molecule has 3 rings (SSSR count). The van der Waals surface area contributed by atoms with Crippen LogP contribution < -0.4 is 4.74 Å². The third-order valence-corrected chi connectivity index (χ3v) is 3.05. The maximum Gasteiger partial charge on any atom is 0.226 e. The van der Waals surface area contributed by atoms with Crippen molar-refractivity contribution in [1.82, 2.24) is 4.98 Å². The summed E-state index contributed by atoms with van der Waals surface area (Å²) in [5, 5.41) is 11.4. The van der Waals surface area contributed by atoms with Gasteiger partial charge in [0.05, 0.1) is 6.21 Å². The highest BCUT2D eigenvalue weighted by molar-refractivity contribution is 5.79. The van der Waals surface area contributed by atoms with E-state index in [1.807, 2.05) is 30.3 Å². The van der Waals surface area contributed by atoms with Gasteiger partial charge in [0.1, 0.15) is 24.3 Å². The molecule has 0 unspecified atom stereocenters. The summed E-state index contributed by atoms with van der Waals surface area (Å²) >= 11 is 0. The number of benzene rings is 2. The predicted octanol–water partition coefficient (Wildman–Crippen LogP) is 3.73. The Kier molecular flexibility index (Phi) is 4.15. The standard InChI is InChI=1S/C17H14N2O3/c20-18-10-13-6-8-16(9-7-13)21-11-15-12-22-17(19-15)14-4-2-1-3-5-14/h1-10,12,20H,11H2/b18-10+. The van der Waals surface area contributed by atoms with E-state index in [0.29, 0.717) is 18.2 Å². The number of hydrogen-bond acceptors (Lipinski definition) is 5. The van der Waals surface area contributed by atoms with Crippen LogP contribution in [-0.4, -0.2) is 16.4 Å². The van der Waals surface area contributed by atoms with Crippen molar-refractivity contribution in [2.45, 2.75) is 6.61 Å². The van der Waals surface area contributed by atoms with E-state index in [-0.39, 0.29) is 0 Å². The quantitative estimate of drug-likeness (QED) is 0.442. The van der Waals surface area contributed by atoms with E-state index >= 15 is 0 Å². The topological polar surface area (TPSA) is 67.9 Å². The molecule has 3 aromatic rings. The molecule has 5 nitrogen and oxygen atoms in total. The van der Waals surface area contributed by atoms with E-state index in [1.54, 1.807) is 30.5 Å². The normalized spacial score (nSPS) is 10.9. The zero-order valence-corrected chi connectivity index (χ0v) is 11.7. The van der Waals surface area contributed by atoms with E-state index in [1.165, 1.54) is 6.21 Å². The van der Waals surface area contributed by atoms with Crippen LogP contribution in [0.3, 0.4) is 0 Å². The van der Waals surface area contributed by atoms with Gasteiger partial charge in [0, 0.05) is 5.56 Å². The van der Waals surface area contributed by atoms with Crippen LogP contribution in [0.5, 0.6) is 5.75 Å². The molecule has 110 valence electrons. The molecule has 1 N–H and O–H groups in total. The molecule has 0 aliphatic rings. The zero-order chi connectivity index (χ0) is 15.2. The molecule has 22 heavy (non-hydrogen) atoms. The van der Waals surface area contributed by atoms with Gasteiger partial charge in [0.25, 0.3) is 0 Å². The molecule has 0 saturated carbocycles. The average Bonchev–Trinajstić information content (AvgIpc) is 3.04. The van der Waals surface area contributed by atoms with Crippen molar-refractivity contribution in [3.63, 3.8) is 0 Å². The predicted molar refractivity (Wildman–Crippen MR) is 82.1 cm³/mol. The lowest BCUT2D eigenvalue weighted by atomic mass is 10.2. The van der Waals surface area contributed by atoms with Gasteiger partial charge < -0.3 is 14.4 Å². The van der Waals surface area contributed by atoms with E-state index in [9.17, 15) is 0 Å². The number of aromatic nitrogens is 1. The third kappa shape index (κ3) is 3.32. The van der Waals surface area contributed by atoms with E-state index in [0.717, 1.165) is 16.8 Å². The van der Waals surface area contributed by atoms with Gasteiger partial charge in [-0.05, 0) is 42.0 Å². The van der Waals surface area contributed by atoms with Crippen LogP contribution in [0, 0.1) is 0 Å². The number of rotatable bonds is 5. The fraction of sp³-hybridized carbons (Fsp3) is 0.0588. The van der Waals surface area contributed by atoms with Crippen LogP contribution in [0.15, 0.2) is 70.4 Å². The first-order valence-electron chi connectivity index (χ1n) is 6.75. The van der Waals surface area contributed by atoms with Crippen LogP contribution >= 0.6 is 0 Å². The van der Waals surface area contributed by atoms with E-state index < -0.39 is 0 Å². The fourth-order valence-corrected chi connectivity index (χ4v) is 1.96. The van der Waals surface area contributed by atoms with Gasteiger partial charge in [0.2, 0.25) is 5.89 Å². The first-order valence-corrected chi connectivity index (χ1v) is 6.75. The average molecular weight is 294 g/mol. The second-order valence-corrected chi connectivity index (χ2v) is 4.61. The summed E-state index contributed by atoms with van der Waals surface area (Å²) < 4.78 is 11.1. The Morgan fingerprint density at radius 3 is 2.59 bits per heavy atom. The first-order chi connectivity index (χ1) is 10.8. The second-order valence-electron chi connectivity index (χ2n) is 4.61. The minimum atomic E-state index is 0.323. The fourth-order valence-electron chi connectivity index (χ4n) is 1.96. The first kappa shape index (κ1) is 13.9. The van der Waals surface area contributed by atoms with Gasteiger partial charge >= 0.3 is 0 Å². The minimum Gasteiger partial charge on any atom is -0.487 e. The molecule has 0 atom stereocenters. The summed E-state index contributed by atoms with van der Waals surface area (Å²) in [5.41, 5.74) is 2.45. The lowest BCUT2D eigenvalue weighted by Gasteiger charge is -2.03. The van der Waals surface area contributed by atoms with Crippen molar-refractivity contribution in [3.8, 4) is 17.2 Å². The van der Waals surface area contributed by atoms with Crippen LogP contribution in [0.1, 0.15) is 11.3 Å². The van der Waals surface area contributed by atoms with Gasteiger partial charge in [0.15, 0.2) is 0 Å². The highest BCUT2D eigenvalue weighted by atomic mass is 16.5. The Bertz CT molecular complexity index is 749. The number of oxazole rings is 1. The zero-order valence-electron chi connectivity index (χ0n) is 11.7. The molecule has 1 aromatic heterocycles. The van der Waals surface area contributed by atoms with Crippen molar-refractivity contribution in [1.29, 1.82) is 0 Å².